The molecule has 0 bridgehead atoms. The summed E-state index contributed by atoms with van der Waals surface area (Å²) in [5.41, 5.74) is -0.779. The van der Waals surface area contributed by atoms with Crippen molar-refractivity contribution in [1.29, 1.82) is 0 Å². The van der Waals surface area contributed by atoms with Crippen LogP contribution in [0.4, 0.5) is 4.79 Å². The van der Waals surface area contributed by atoms with Crippen molar-refractivity contribution in [3.63, 3.8) is 0 Å². The lowest BCUT2D eigenvalue weighted by Crippen LogP contribution is -2.53. The van der Waals surface area contributed by atoms with Gasteiger partial charge in [-0.25, -0.2) is 4.79 Å². The van der Waals surface area contributed by atoms with E-state index < -0.39 is 11.6 Å². The number of amides is 3. The Morgan fingerprint density at radius 1 is 1.38 bits per heavy atom. The first-order valence-corrected chi connectivity index (χ1v) is 8.10. The zero-order chi connectivity index (χ0) is 16.7. The first-order chi connectivity index (χ1) is 11.6. The van der Waals surface area contributed by atoms with Crippen molar-refractivity contribution in [2.45, 2.75) is 44.7 Å². The second-order valence-electron chi connectivity index (χ2n) is 6.42. The molecule has 2 fully saturated rings. The Bertz CT molecular complexity index is 769. The molecule has 1 spiro atoms. The van der Waals surface area contributed by atoms with Gasteiger partial charge in [0.15, 0.2) is 5.76 Å². The van der Waals surface area contributed by atoms with E-state index in [4.69, 9.17) is 8.83 Å². The smallest absolute Gasteiger partial charge is 0.325 e. The minimum atomic E-state index is -0.779. The highest BCUT2D eigenvalue weighted by Crippen LogP contribution is 2.38. The number of nitrogens with zero attached hydrogens (tertiary/aromatic N) is 3. The van der Waals surface area contributed by atoms with Crippen LogP contribution in [0.2, 0.25) is 0 Å². The highest BCUT2D eigenvalue weighted by Gasteiger charge is 2.55. The van der Waals surface area contributed by atoms with E-state index in [0.717, 1.165) is 19.3 Å². The number of aromatic nitrogens is 2. The number of imide groups is 1. The summed E-state index contributed by atoms with van der Waals surface area (Å²) in [4.78, 5) is 26.4. The van der Waals surface area contributed by atoms with Crippen LogP contribution in [0.15, 0.2) is 27.2 Å². The maximum atomic E-state index is 12.9. The van der Waals surface area contributed by atoms with Crippen molar-refractivity contribution in [2.24, 2.45) is 5.92 Å². The molecule has 3 heterocycles. The van der Waals surface area contributed by atoms with Gasteiger partial charge in [-0.1, -0.05) is 19.8 Å². The van der Waals surface area contributed by atoms with Gasteiger partial charge in [-0.3, -0.25) is 9.69 Å². The molecular weight excluding hydrogens is 312 g/mol. The number of furan rings is 1. The van der Waals surface area contributed by atoms with Crippen molar-refractivity contribution in [3.05, 3.63) is 24.3 Å². The van der Waals surface area contributed by atoms with Crippen LogP contribution in [0, 0.1) is 5.92 Å². The van der Waals surface area contributed by atoms with Gasteiger partial charge in [0, 0.05) is 0 Å². The van der Waals surface area contributed by atoms with Crippen LogP contribution in [0.3, 0.4) is 0 Å². The standard InChI is InChI=1S/C16H18N4O4/c1-10-5-2-3-7-16(10)14(21)20(15(22)17-16)9-12-18-19-13(24-12)11-6-4-8-23-11/h4,6,8,10H,2-3,5,7,9H2,1H3,(H,17,22). The average molecular weight is 330 g/mol. The second-order valence-corrected chi connectivity index (χ2v) is 6.42. The summed E-state index contributed by atoms with van der Waals surface area (Å²) in [5, 5.41) is 10.7. The quantitative estimate of drug-likeness (QED) is 0.867. The number of rotatable bonds is 3. The fourth-order valence-electron chi connectivity index (χ4n) is 3.59. The molecule has 24 heavy (non-hydrogen) atoms. The zero-order valence-electron chi connectivity index (χ0n) is 13.3. The summed E-state index contributed by atoms with van der Waals surface area (Å²) in [6.07, 6.45) is 5.14. The van der Waals surface area contributed by atoms with Gasteiger partial charge in [0.25, 0.3) is 11.8 Å². The van der Waals surface area contributed by atoms with E-state index in [0.29, 0.717) is 12.2 Å². The molecule has 4 rings (SSSR count). The molecule has 8 heteroatoms. The molecule has 2 aliphatic rings. The average Bonchev–Trinajstić information content (AvgIpc) is 3.28. The molecular formula is C16H18N4O4. The van der Waals surface area contributed by atoms with Crippen LogP contribution in [0.5, 0.6) is 0 Å². The minimum Gasteiger partial charge on any atom is -0.459 e. The Hall–Kier alpha value is -2.64. The van der Waals surface area contributed by atoms with E-state index >= 15 is 0 Å². The third-order valence-corrected chi connectivity index (χ3v) is 4.99. The van der Waals surface area contributed by atoms with Crippen molar-refractivity contribution >= 4 is 11.9 Å². The molecule has 1 aliphatic carbocycles. The number of carbonyl (C=O) groups excluding carboxylic acids is 2. The summed E-state index contributed by atoms with van der Waals surface area (Å²) >= 11 is 0. The van der Waals surface area contributed by atoms with Gasteiger partial charge < -0.3 is 14.2 Å². The number of urea groups is 1. The SMILES string of the molecule is CC1CCCCC12NC(=O)N(Cc1nnc(-c3ccco3)o1)C2=O. The van der Waals surface area contributed by atoms with Crippen LogP contribution >= 0.6 is 0 Å². The molecule has 0 radical (unpaired) electrons. The van der Waals surface area contributed by atoms with Gasteiger partial charge in [0.1, 0.15) is 12.1 Å². The normalized spacial score (nSPS) is 27.0. The van der Waals surface area contributed by atoms with Gasteiger partial charge in [-0.05, 0) is 30.9 Å². The van der Waals surface area contributed by atoms with Crippen molar-refractivity contribution in [2.75, 3.05) is 0 Å². The minimum absolute atomic E-state index is 0.0349. The lowest BCUT2D eigenvalue weighted by atomic mass is 9.73. The molecule has 1 aliphatic heterocycles. The predicted octanol–water partition coefficient (Wildman–Crippen LogP) is 2.33. The molecule has 0 aromatic carbocycles. The van der Waals surface area contributed by atoms with E-state index in [9.17, 15) is 9.59 Å². The van der Waals surface area contributed by atoms with Crippen LogP contribution in [-0.4, -0.2) is 32.6 Å². The Balaban J connectivity index is 1.55. The van der Waals surface area contributed by atoms with Crippen LogP contribution in [0.25, 0.3) is 11.7 Å². The van der Waals surface area contributed by atoms with Gasteiger partial charge in [0.05, 0.1) is 6.26 Å². The molecule has 126 valence electrons. The van der Waals surface area contributed by atoms with E-state index in [1.807, 2.05) is 6.92 Å². The maximum Gasteiger partial charge on any atom is 0.325 e. The lowest BCUT2D eigenvalue weighted by molar-refractivity contribution is -0.134. The molecule has 1 saturated carbocycles. The largest absolute Gasteiger partial charge is 0.459 e. The summed E-state index contributed by atoms with van der Waals surface area (Å²) in [7, 11) is 0. The van der Waals surface area contributed by atoms with E-state index in [2.05, 4.69) is 15.5 Å². The van der Waals surface area contributed by atoms with Gasteiger partial charge in [0.2, 0.25) is 5.89 Å². The molecule has 1 N–H and O–H groups in total. The first kappa shape index (κ1) is 14.9. The van der Waals surface area contributed by atoms with Gasteiger partial charge >= 0.3 is 6.03 Å². The van der Waals surface area contributed by atoms with Crippen LogP contribution in [0.1, 0.15) is 38.5 Å². The van der Waals surface area contributed by atoms with Crippen molar-refractivity contribution in [1.82, 2.24) is 20.4 Å². The van der Waals surface area contributed by atoms with Gasteiger partial charge in [-0.15, -0.1) is 10.2 Å². The van der Waals surface area contributed by atoms with Crippen LogP contribution in [-0.2, 0) is 11.3 Å². The van der Waals surface area contributed by atoms with Gasteiger partial charge in [-0.2, -0.15) is 0 Å². The summed E-state index contributed by atoms with van der Waals surface area (Å²) in [5.74, 6) is 0.794. The monoisotopic (exact) mass is 330 g/mol. The fourth-order valence-corrected chi connectivity index (χ4v) is 3.59. The van der Waals surface area contributed by atoms with E-state index in [-0.39, 0.29) is 30.2 Å². The third kappa shape index (κ3) is 2.21. The topological polar surface area (TPSA) is 101 Å². The summed E-state index contributed by atoms with van der Waals surface area (Å²) in [6, 6.07) is 3.01. The molecule has 2 aromatic heterocycles. The van der Waals surface area contributed by atoms with Crippen LogP contribution < -0.4 is 5.32 Å². The molecule has 8 nitrogen and oxygen atoms in total. The molecule has 2 aromatic rings. The number of nitrogens with one attached hydrogen (secondary N) is 1. The van der Waals surface area contributed by atoms with Crippen molar-refractivity contribution < 1.29 is 18.4 Å². The second kappa shape index (κ2) is 5.47. The Kier molecular flexibility index (Phi) is 3.40. The zero-order valence-corrected chi connectivity index (χ0v) is 13.3. The van der Waals surface area contributed by atoms with E-state index in [1.165, 1.54) is 11.2 Å². The number of hydrogen-bond acceptors (Lipinski definition) is 6. The molecule has 2 atom stereocenters. The Labute approximate surface area is 138 Å². The third-order valence-electron chi connectivity index (χ3n) is 4.99. The lowest BCUT2D eigenvalue weighted by Gasteiger charge is -2.36. The van der Waals surface area contributed by atoms with Crippen molar-refractivity contribution in [3.8, 4) is 11.7 Å². The summed E-state index contributed by atoms with van der Waals surface area (Å²) < 4.78 is 10.7. The predicted molar refractivity (Wildman–Crippen MR) is 81.4 cm³/mol. The number of hydrogen-bond donors (Lipinski definition) is 1. The highest BCUT2D eigenvalue weighted by atomic mass is 16.4. The Morgan fingerprint density at radius 3 is 3.00 bits per heavy atom. The number of carbonyl (C=O) groups is 2. The highest BCUT2D eigenvalue weighted by molar-refractivity contribution is 6.07. The first-order valence-electron chi connectivity index (χ1n) is 8.10. The van der Waals surface area contributed by atoms with E-state index in [1.54, 1.807) is 12.1 Å². The summed E-state index contributed by atoms with van der Waals surface area (Å²) in [6.45, 7) is 1.98. The maximum absolute atomic E-state index is 12.9. The fraction of sp³-hybridized carbons (Fsp3) is 0.500. The molecule has 1 saturated heterocycles. The molecule has 3 amide bonds. The molecule has 2 unspecified atom stereocenters. The Morgan fingerprint density at radius 2 is 2.25 bits per heavy atom.